The maximum absolute atomic E-state index is 10.0. The zero-order chi connectivity index (χ0) is 13.8. The topological polar surface area (TPSA) is 47.6 Å². The molecule has 0 radical (unpaired) electrons. The van der Waals surface area contributed by atoms with Crippen molar-refractivity contribution in [3.8, 4) is 5.75 Å². The van der Waals surface area contributed by atoms with E-state index in [-0.39, 0.29) is 6.54 Å². The van der Waals surface area contributed by atoms with Gasteiger partial charge >= 0.3 is 0 Å². The van der Waals surface area contributed by atoms with Crippen molar-refractivity contribution >= 4 is 26.0 Å². The van der Waals surface area contributed by atoms with E-state index in [9.17, 15) is 4.79 Å². The van der Waals surface area contributed by atoms with Gasteiger partial charge in [-0.1, -0.05) is 30.4 Å². The van der Waals surface area contributed by atoms with Crippen LogP contribution in [0.4, 0.5) is 0 Å². The Morgan fingerprint density at radius 2 is 1.94 bits per heavy atom. The Kier molecular flexibility index (Phi) is 11.1. The van der Waals surface area contributed by atoms with Crippen LogP contribution in [0.15, 0.2) is 30.3 Å². The van der Waals surface area contributed by atoms with Crippen molar-refractivity contribution in [3.05, 3.63) is 30.3 Å². The van der Waals surface area contributed by atoms with Gasteiger partial charge < -0.3 is 14.1 Å². The van der Waals surface area contributed by atoms with Gasteiger partial charge in [0.2, 0.25) is 7.50 Å². The van der Waals surface area contributed by atoms with E-state index in [1.54, 1.807) is 7.11 Å². The van der Waals surface area contributed by atoms with Gasteiger partial charge in [-0.2, -0.15) is 0 Å². The highest BCUT2D eigenvalue weighted by Gasteiger charge is 2.02. The quantitative estimate of drug-likeness (QED) is 0.480. The predicted octanol–water partition coefficient (Wildman–Crippen LogP) is 3.05. The molecule has 0 bridgehead atoms. The number of para-hydroxylation sites is 1. The van der Waals surface area contributed by atoms with Crippen LogP contribution in [-0.2, 0) is 9.53 Å². The van der Waals surface area contributed by atoms with E-state index in [0.717, 1.165) is 12.0 Å². The Hall–Kier alpha value is -0.610. The largest absolute Gasteiger partial charge is 0.449 e. The lowest BCUT2D eigenvalue weighted by molar-refractivity contribution is -0.106. The second-order valence-corrected chi connectivity index (χ2v) is 5.63. The van der Waals surface area contributed by atoms with Gasteiger partial charge in [0, 0.05) is 7.11 Å². The van der Waals surface area contributed by atoms with Crippen molar-refractivity contribution in [1.82, 2.24) is 5.09 Å². The molecule has 1 aromatic carbocycles. The van der Waals surface area contributed by atoms with Gasteiger partial charge in [0.25, 0.3) is 0 Å². The van der Waals surface area contributed by atoms with E-state index in [4.69, 9.17) is 9.26 Å². The van der Waals surface area contributed by atoms with E-state index < -0.39 is 7.50 Å². The molecule has 0 aliphatic rings. The average molecular weight is 289 g/mol. The first-order chi connectivity index (χ1) is 8.60. The average Bonchev–Trinajstić information content (AvgIpc) is 2.38. The van der Waals surface area contributed by atoms with E-state index in [1.807, 2.05) is 44.2 Å². The summed E-state index contributed by atoms with van der Waals surface area (Å²) in [6, 6.07) is 9.35. The molecule has 18 heavy (non-hydrogen) atoms. The first-order valence-electron chi connectivity index (χ1n) is 5.52. The van der Waals surface area contributed by atoms with Crippen LogP contribution in [0.2, 0.25) is 0 Å². The molecule has 0 saturated heterocycles. The second kappa shape index (κ2) is 11.5. The summed E-state index contributed by atoms with van der Waals surface area (Å²) in [7, 11) is 0.650. The molecule has 1 aromatic rings. The van der Waals surface area contributed by atoms with E-state index in [2.05, 4.69) is 17.3 Å². The van der Waals surface area contributed by atoms with Gasteiger partial charge in [-0.05, 0) is 26.0 Å². The predicted molar refractivity (Wildman–Crippen MR) is 79.2 cm³/mol. The maximum Gasteiger partial charge on any atom is 0.222 e. The minimum absolute atomic E-state index is 0.266. The van der Waals surface area contributed by atoms with Crippen LogP contribution in [0.3, 0.4) is 0 Å². The SMILES string of the molecule is COC(C)C.O=CCNP(S)Oc1ccccc1. The number of thiol groups is 1. The summed E-state index contributed by atoms with van der Waals surface area (Å²) in [6.45, 7) is 4.27. The lowest BCUT2D eigenvalue weighted by Crippen LogP contribution is -2.09. The molecule has 0 aliphatic heterocycles. The monoisotopic (exact) mass is 289 g/mol. The van der Waals surface area contributed by atoms with Crippen molar-refractivity contribution in [1.29, 1.82) is 0 Å². The molecule has 4 nitrogen and oxygen atoms in total. The molecule has 1 N–H and O–H groups in total. The van der Waals surface area contributed by atoms with Crippen molar-refractivity contribution in [2.45, 2.75) is 20.0 Å². The molecule has 102 valence electrons. The number of hydrogen-bond acceptors (Lipinski definition) is 5. The number of aldehydes is 1. The Morgan fingerprint density at radius 3 is 2.39 bits per heavy atom. The van der Waals surface area contributed by atoms with Crippen LogP contribution in [0.5, 0.6) is 5.75 Å². The molecule has 0 saturated carbocycles. The molecule has 0 fully saturated rings. The molecular weight excluding hydrogens is 269 g/mol. The lowest BCUT2D eigenvalue weighted by Gasteiger charge is -2.11. The van der Waals surface area contributed by atoms with Crippen molar-refractivity contribution in [2.24, 2.45) is 0 Å². The first kappa shape index (κ1) is 17.4. The highest BCUT2D eigenvalue weighted by atomic mass is 32.7. The van der Waals surface area contributed by atoms with Crippen LogP contribution < -0.4 is 9.61 Å². The fourth-order valence-corrected chi connectivity index (χ4v) is 1.87. The van der Waals surface area contributed by atoms with Crippen LogP contribution >= 0.6 is 19.7 Å². The second-order valence-electron chi connectivity index (χ2n) is 3.49. The molecule has 0 aliphatic carbocycles. The third-order valence-electron chi connectivity index (χ3n) is 1.72. The maximum atomic E-state index is 10.0. The van der Waals surface area contributed by atoms with Gasteiger partial charge in [-0.15, -0.1) is 0 Å². The number of ether oxygens (including phenoxy) is 1. The molecule has 6 heteroatoms. The van der Waals surface area contributed by atoms with E-state index in [0.29, 0.717) is 6.10 Å². The Balaban J connectivity index is 0.000000494. The molecule has 0 spiro atoms. The number of carbonyl (C=O) groups excluding carboxylic acids is 1. The summed E-state index contributed by atoms with van der Waals surface area (Å²) in [5, 5.41) is 2.82. The minimum atomic E-state index is -1.05. The van der Waals surface area contributed by atoms with Gasteiger partial charge in [0.1, 0.15) is 12.0 Å². The van der Waals surface area contributed by atoms with E-state index >= 15 is 0 Å². The van der Waals surface area contributed by atoms with Crippen molar-refractivity contribution < 1.29 is 14.1 Å². The number of rotatable bonds is 6. The summed E-state index contributed by atoms with van der Waals surface area (Å²) in [5.41, 5.74) is 0. The standard InChI is InChI=1S/C8H10NO2PS.C4H10O/c10-7-6-9-12(13)11-8-4-2-1-3-5-8;1-4(2)5-3/h1-5,7,9,13H,6H2;4H,1-3H3. The highest BCUT2D eigenvalue weighted by Crippen LogP contribution is 2.37. The van der Waals surface area contributed by atoms with Gasteiger partial charge in [-0.25, -0.2) is 5.09 Å². The Bertz CT molecular complexity index is 311. The molecular formula is C12H20NO3PS. The van der Waals surface area contributed by atoms with Crippen LogP contribution in [0.25, 0.3) is 0 Å². The lowest BCUT2D eigenvalue weighted by atomic mass is 10.3. The number of benzene rings is 1. The first-order valence-corrected chi connectivity index (χ1v) is 7.93. The smallest absolute Gasteiger partial charge is 0.222 e. The third-order valence-corrected chi connectivity index (χ3v) is 3.22. The van der Waals surface area contributed by atoms with Gasteiger partial charge in [-0.3, -0.25) is 0 Å². The fourth-order valence-electron chi connectivity index (χ4n) is 0.729. The highest BCUT2D eigenvalue weighted by molar-refractivity contribution is 8.43. The molecule has 1 rings (SSSR count). The molecule has 1 unspecified atom stereocenters. The van der Waals surface area contributed by atoms with Crippen molar-refractivity contribution in [2.75, 3.05) is 13.7 Å². The van der Waals surface area contributed by atoms with Gasteiger partial charge in [0.05, 0.1) is 12.6 Å². The summed E-state index contributed by atoms with van der Waals surface area (Å²) in [5.74, 6) is 0.752. The van der Waals surface area contributed by atoms with Gasteiger partial charge in [0.15, 0.2) is 0 Å². The molecule has 0 heterocycles. The minimum Gasteiger partial charge on any atom is -0.449 e. The van der Waals surface area contributed by atoms with Crippen molar-refractivity contribution in [3.63, 3.8) is 0 Å². The van der Waals surface area contributed by atoms with E-state index in [1.165, 1.54) is 0 Å². The summed E-state index contributed by atoms with van der Waals surface area (Å²) >= 11 is 4.15. The summed E-state index contributed by atoms with van der Waals surface area (Å²) < 4.78 is 10.1. The van der Waals surface area contributed by atoms with Crippen LogP contribution in [0.1, 0.15) is 13.8 Å². The van der Waals surface area contributed by atoms with Crippen LogP contribution in [-0.4, -0.2) is 26.0 Å². The normalized spacial score (nSPS) is 11.4. The number of hydrogen-bond donors (Lipinski definition) is 2. The Labute approximate surface area is 115 Å². The summed E-state index contributed by atoms with van der Waals surface area (Å²) in [6.07, 6.45) is 1.16. The fraction of sp³-hybridized carbons (Fsp3) is 0.417. The number of carbonyl (C=O) groups is 1. The molecule has 1 atom stereocenters. The van der Waals surface area contributed by atoms with Crippen LogP contribution in [0, 0.1) is 0 Å². The summed E-state index contributed by atoms with van der Waals surface area (Å²) in [4.78, 5) is 10.0. The zero-order valence-corrected chi connectivity index (χ0v) is 12.7. The molecule has 0 aromatic heterocycles. The third kappa shape index (κ3) is 10.5. The number of methoxy groups -OCH3 is 1. The number of nitrogens with one attached hydrogen (secondary N) is 1. The Morgan fingerprint density at radius 1 is 1.39 bits per heavy atom. The zero-order valence-electron chi connectivity index (χ0n) is 10.9. The molecule has 0 amide bonds.